The molecule has 4 aliphatic rings. The summed E-state index contributed by atoms with van der Waals surface area (Å²) >= 11 is 0. The minimum absolute atomic E-state index is 0.0555. The molecule has 1 aromatic rings. The van der Waals surface area contributed by atoms with Crippen molar-refractivity contribution in [2.45, 2.75) is 64.6 Å². The Bertz CT molecular complexity index is 705. The zero-order valence-corrected chi connectivity index (χ0v) is 18.3. The molecular formula is C24H36N2O3. The maximum absolute atomic E-state index is 12.1. The van der Waals surface area contributed by atoms with Gasteiger partial charge in [-0.2, -0.15) is 0 Å². The van der Waals surface area contributed by atoms with Crippen LogP contribution >= 0.6 is 0 Å². The van der Waals surface area contributed by atoms with Crippen molar-refractivity contribution < 1.29 is 14.3 Å². The lowest BCUT2D eigenvalue weighted by molar-refractivity contribution is -0.135. The summed E-state index contributed by atoms with van der Waals surface area (Å²) in [5.41, 5.74) is 1.21. The largest absolute Gasteiger partial charge is 0.490 e. The van der Waals surface area contributed by atoms with Gasteiger partial charge in [-0.25, -0.2) is 0 Å². The van der Waals surface area contributed by atoms with Crippen molar-refractivity contribution >= 4 is 5.91 Å². The van der Waals surface area contributed by atoms with Crippen molar-refractivity contribution in [2.75, 3.05) is 20.7 Å². The number of benzene rings is 1. The van der Waals surface area contributed by atoms with E-state index in [0.29, 0.717) is 18.4 Å². The molecule has 1 N–H and O–H groups in total. The molecule has 0 heterocycles. The molecule has 1 amide bonds. The average molecular weight is 401 g/mol. The molecule has 0 aliphatic heterocycles. The molecule has 1 aromatic carbocycles. The molecule has 4 fully saturated rings. The number of carbonyl (C=O) groups is 1. The molecule has 1 unspecified atom stereocenters. The van der Waals surface area contributed by atoms with Gasteiger partial charge in [-0.3, -0.25) is 4.79 Å². The van der Waals surface area contributed by atoms with Gasteiger partial charge in [0.15, 0.2) is 17.6 Å². The van der Waals surface area contributed by atoms with Crippen LogP contribution in [0.2, 0.25) is 0 Å². The number of ether oxygens (including phenoxy) is 2. The first-order valence-corrected chi connectivity index (χ1v) is 11.3. The van der Waals surface area contributed by atoms with Crippen molar-refractivity contribution in [3.05, 3.63) is 23.8 Å². The smallest absolute Gasteiger partial charge is 0.262 e. The highest BCUT2D eigenvalue weighted by Crippen LogP contribution is 2.53. The number of amides is 1. The summed E-state index contributed by atoms with van der Waals surface area (Å²) in [5, 5.41) is 3.89. The van der Waals surface area contributed by atoms with Gasteiger partial charge in [0, 0.05) is 26.7 Å². The van der Waals surface area contributed by atoms with Gasteiger partial charge in [0.2, 0.25) is 0 Å². The van der Waals surface area contributed by atoms with Crippen LogP contribution in [0, 0.1) is 23.7 Å². The van der Waals surface area contributed by atoms with Gasteiger partial charge in [-0.05, 0) is 87.3 Å². The second-order valence-electron chi connectivity index (χ2n) is 9.54. The van der Waals surface area contributed by atoms with Gasteiger partial charge in [-0.15, -0.1) is 0 Å². The number of carbonyl (C=O) groups excluding carboxylic acids is 1. The molecule has 4 saturated carbocycles. The summed E-state index contributed by atoms with van der Waals surface area (Å²) in [6.07, 6.45) is 6.67. The third-order valence-corrected chi connectivity index (χ3v) is 7.17. The number of nitrogens with one attached hydrogen (secondary N) is 1. The normalized spacial score (nSPS) is 30.8. The number of hydrogen-bond acceptors (Lipinski definition) is 4. The summed E-state index contributed by atoms with van der Waals surface area (Å²) in [6.45, 7) is 5.18. The first-order valence-electron chi connectivity index (χ1n) is 11.3. The van der Waals surface area contributed by atoms with E-state index in [9.17, 15) is 4.79 Å². The van der Waals surface area contributed by atoms with Gasteiger partial charge in [0.25, 0.3) is 5.91 Å². The molecule has 4 bridgehead atoms. The molecule has 1 atom stereocenters. The van der Waals surface area contributed by atoms with Gasteiger partial charge < -0.3 is 19.7 Å². The molecule has 0 spiro atoms. The molecular weight excluding hydrogens is 364 g/mol. The summed E-state index contributed by atoms with van der Waals surface area (Å²) < 4.78 is 11.7. The van der Waals surface area contributed by atoms with Crippen molar-refractivity contribution in [1.82, 2.24) is 10.2 Å². The number of rotatable bonds is 8. The van der Waals surface area contributed by atoms with Gasteiger partial charge in [0.1, 0.15) is 0 Å². The Morgan fingerprint density at radius 3 is 2.34 bits per heavy atom. The van der Waals surface area contributed by atoms with Crippen LogP contribution in [0.1, 0.15) is 51.5 Å². The highest BCUT2D eigenvalue weighted by atomic mass is 16.5. The molecule has 0 radical (unpaired) electrons. The van der Waals surface area contributed by atoms with E-state index in [4.69, 9.17) is 9.47 Å². The fourth-order valence-corrected chi connectivity index (χ4v) is 6.13. The predicted octanol–water partition coefficient (Wildman–Crippen LogP) is 3.86. The van der Waals surface area contributed by atoms with Crippen LogP contribution in [0.3, 0.4) is 0 Å². The molecule has 5 heteroatoms. The lowest BCUT2D eigenvalue weighted by atomic mass is 9.54. The van der Waals surface area contributed by atoms with E-state index in [1.54, 1.807) is 25.9 Å². The van der Waals surface area contributed by atoms with Crippen molar-refractivity contribution in [3.63, 3.8) is 0 Å². The number of hydrogen-bond donors (Lipinski definition) is 1. The fraction of sp³-hybridized carbons (Fsp3) is 0.708. The second-order valence-corrected chi connectivity index (χ2v) is 9.54. The predicted molar refractivity (Wildman–Crippen MR) is 114 cm³/mol. The number of likely N-dealkylation sites (N-methyl/N-ethyl adjacent to an activating group) is 1. The van der Waals surface area contributed by atoms with Crippen LogP contribution in [-0.2, 0) is 11.3 Å². The molecule has 0 aromatic heterocycles. The van der Waals surface area contributed by atoms with E-state index in [1.807, 2.05) is 13.0 Å². The first kappa shape index (κ1) is 20.5. The van der Waals surface area contributed by atoms with Crippen LogP contribution in [0.25, 0.3) is 0 Å². The second kappa shape index (κ2) is 8.55. The van der Waals surface area contributed by atoms with Crippen molar-refractivity contribution in [2.24, 2.45) is 23.7 Å². The van der Waals surface area contributed by atoms with E-state index < -0.39 is 6.10 Å². The minimum Gasteiger partial charge on any atom is -0.490 e. The third-order valence-electron chi connectivity index (χ3n) is 7.17. The van der Waals surface area contributed by atoms with Gasteiger partial charge in [0.05, 0.1) is 6.61 Å². The Morgan fingerprint density at radius 2 is 1.76 bits per heavy atom. The summed E-state index contributed by atoms with van der Waals surface area (Å²) in [7, 11) is 3.48. The van der Waals surface area contributed by atoms with E-state index in [1.165, 1.54) is 37.7 Å². The summed E-state index contributed by atoms with van der Waals surface area (Å²) in [5.74, 6) is 5.05. The molecule has 4 aliphatic carbocycles. The van der Waals surface area contributed by atoms with Crippen molar-refractivity contribution in [1.29, 1.82) is 0 Å². The highest BCUT2D eigenvalue weighted by Gasteiger charge is 2.47. The number of nitrogens with zero attached hydrogens (tertiary/aromatic N) is 1. The maximum Gasteiger partial charge on any atom is 0.262 e. The Labute approximate surface area is 175 Å². The van der Waals surface area contributed by atoms with Crippen molar-refractivity contribution in [3.8, 4) is 11.5 Å². The first-order chi connectivity index (χ1) is 13.9. The highest BCUT2D eigenvalue weighted by molar-refractivity contribution is 5.80. The fourth-order valence-electron chi connectivity index (χ4n) is 6.13. The van der Waals surface area contributed by atoms with Crippen LogP contribution < -0.4 is 14.8 Å². The van der Waals surface area contributed by atoms with Gasteiger partial charge >= 0.3 is 0 Å². The molecule has 160 valence electrons. The zero-order valence-electron chi connectivity index (χ0n) is 18.3. The Kier molecular flexibility index (Phi) is 6.05. The molecule has 0 saturated heterocycles. The lowest BCUT2D eigenvalue weighted by Crippen LogP contribution is -2.54. The molecule has 29 heavy (non-hydrogen) atoms. The van der Waals surface area contributed by atoms with Crippen LogP contribution in [0.15, 0.2) is 18.2 Å². The van der Waals surface area contributed by atoms with E-state index in [-0.39, 0.29) is 5.91 Å². The quantitative estimate of drug-likeness (QED) is 0.720. The SMILES string of the molecule is CCOc1cc(CNC2C3CC4CC(C3)CC2C4)ccc1OC(C)C(=O)N(C)C. The Balaban J connectivity index is 1.40. The maximum atomic E-state index is 12.1. The molecule has 5 nitrogen and oxygen atoms in total. The Morgan fingerprint density at radius 1 is 1.10 bits per heavy atom. The lowest BCUT2D eigenvalue weighted by Gasteiger charge is -2.54. The standard InChI is InChI=1S/C24H36N2O3/c1-5-28-22-13-16(6-7-21(22)29-15(2)24(27)26(3)4)14-25-23-19-9-17-8-18(11-19)12-20(23)10-17/h6-7,13,15,17-20,23,25H,5,8-12,14H2,1-4H3. The zero-order chi connectivity index (χ0) is 20.5. The van der Waals surface area contributed by atoms with E-state index in [0.717, 1.165) is 36.0 Å². The minimum atomic E-state index is -0.541. The van der Waals surface area contributed by atoms with Crippen LogP contribution in [0.4, 0.5) is 0 Å². The third kappa shape index (κ3) is 4.40. The average Bonchev–Trinajstić information content (AvgIpc) is 2.68. The van der Waals surface area contributed by atoms with Crippen LogP contribution in [0.5, 0.6) is 11.5 Å². The van der Waals surface area contributed by atoms with Gasteiger partial charge in [-0.1, -0.05) is 6.07 Å². The topological polar surface area (TPSA) is 50.8 Å². The van der Waals surface area contributed by atoms with Crippen LogP contribution in [-0.4, -0.2) is 43.7 Å². The Hall–Kier alpha value is -1.75. The van der Waals surface area contributed by atoms with E-state index in [2.05, 4.69) is 17.4 Å². The van der Waals surface area contributed by atoms with E-state index >= 15 is 0 Å². The summed E-state index contributed by atoms with van der Waals surface area (Å²) in [4.78, 5) is 13.7. The monoisotopic (exact) mass is 400 g/mol. The molecule has 5 rings (SSSR count). The summed E-state index contributed by atoms with van der Waals surface area (Å²) in [6, 6.07) is 6.77.